The van der Waals surface area contributed by atoms with Crippen molar-refractivity contribution < 1.29 is 9.47 Å². The molecule has 1 saturated heterocycles. The number of ether oxygens (including phenoxy) is 2. The van der Waals surface area contributed by atoms with Crippen molar-refractivity contribution in [3.05, 3.63) is 42.7 Å². The average Bonchev–Trinajstić information content (AvgIpc) is 3.07. The number of thiazole rings is 1. The smallest absolute Gasteiger partial charge is 0.129 e. The third kappa shape index (κ3) is 3.42. The first kappa shape index (κ1) is 15.5. The molecule has 124 valence electrons. The molecule has 4 rings (SSSR count). The van der Waals surface area contributed by atoms with Crippen molar-refractivity contribution in [3.63, 3.8) is 0 Å². The molecule has 0 aliphatic carbocycles. The second kappa shape index (κ2) is 7.28. The number of aromatic nitrogens is 2. The van der Waals surface area contributed by atoms with Crippen molar-refractivity contribution in [2.45, 2.75) is 19.3 Å². The van der Waals surface area contributed by atoms with Gasteiger partial charge in [0.25, 0.3) is 0 Å². The van der Waals surface area contributed by atoms with Gasteiger partial charge in [-0.15, -0.1) is 11.3 Å². The Morgan fingerprint density at radius 2 is 2.04 bits per heavy atom. The summed E-state index contributed by atoms with van der Waals surface area (Å²) in [6.45, 7) is 2.52. The molecular formula is C19H20N2O2S. The van der Waals surface area contributed by atoms with Crippen molar-refractivity contribution in [2.24, 2.45) is 5.92 Å². The Labute approximate surface area is 145 Å². The highest BCUT2D eigenvalue weighted by Gasteiger charge is 2.15. The minimum atomic E-state index is 0.722. The zero-order valence-electron chi connectivity index (χ0n) is 13.5. The van der Waals surface area contributed by atoms with E-state index >= 15 is 0 Å². The molecule has 24 heavy (non-hydrogen) atoms. The van der Waals surface area contributed by atoms with E-state index in [0.29, 0.717) is 0 Å². The lowest BCUT2D eigenvalue weighted by Gasteiger charge is -2.22. The van der Waals surface area contributed by atoms with Crippen LogP contribution < -0.4 is 4.74 Å². The summed E-state index contributed by atoms with van der Waals surface area (Å²) in [4.78, 5) is 8.90. The maximum Gasteiger partial charge on any atom is 0.129 e. The molecule has 0 N–H and O–H groups in total. The van der Waals surface area contributed by atoms with Gasteiger partial charge in [-0.05, 0) is 43.4 Å². The minimum absolute atomic E-state index is 0.722. The van der Waals surface area contributed by atoms with Gasteiger partial charge in [0.1, 0.15) is 10.8 Å². The van der Waals surface area contributed by atoms with Gasteiger partial charge >= 0.3 is 0 Å². The first-order valence-corrected chi connectivity index (χ1v) is 9.22. The topological polar surface area (TPSA) is 44.2 Å². The highest BCUT2D eigenvalue weighted by Crippen LogP contribution is 2.35. The maximum atomic E-state index is 6.10. The van der Waals surface area contributed by atoms with E-state index in [2.05, 4.69) is 11.1 Å². The Kier molecular flexibility index (Phi) is 4.71. The van der Waals surface area contributed by atoms with Crippen LogP contribution in [0.25, 0.3) is 20.8 Å². The van der Waals surface area contributed by atoms with E-state index in [1.807, 2.05) is 30.5 Å². The molecule has 1 fully saturated rings. The van der Waals surface area contributed by atoms with Crippen LogP contribution in [0.2, 0.25) is 0 Å². The Morgan fingerprint density at radius 1 is 1.17 bits per heavy atom. The summed E-state index contributed by atoms with van der Waals surface area (Å²) < 4.78 is 12.6. The lowest BCUT2D eigenvalue weighted by atomic mass is 9.97. The SMILES string of the molecule is c1ccc(-c2nc3ccncc3s2)c(OCCC2CCOCC2)c1. The van der Waals surface area contributed by atoms with Crippen LogP contribution in [-0.2, 0) is 4.74 Å². The lowest BCUT2D eigenvalue weighted by molar-refractivity contribution is 0.0594. The van der Waals surface area contributed by atoms with E-state index < -0.39 is 0 Å². The molecular weight excluding hydrogens is 320 g/mol. The van der Waals surface area contributed by atoms with Gasteiger partial charge in [0.2, 0.25) is 0 Å². The van der Waals surface area contributed by atoms with Crippen LogP contribution in [0.3, 0.4) is 0 Å². The molecule has 4 nitrogen and oxygen atoms in total. The van der Waals surface area contributed by atoms with E-state index in [-0.39, 0.29) is 0 Å². The summed E-state index contributed by atoms with van der Waals surface area (Å²) in [7, 11) is 0. The van der Waals surface area contributed by atoms with E-state index in [1.54, 1.807) is 17.5 Å². The monoisotopic (exact) mass is 340 g/mol. The standard InChI is InChI=1S/C19H20N2O2S/c1-2-4-17(23-12-8-14-6-10-22-11-7-14)15(3-1)19-21-16-5-9-20-13-18(16)24-19/h1-5,9,13-14H,6-8,10-12H2. The zero-order valence-corrected chi connectivity index (χ0v) is 14.3. The Bertz CT molecular complexity index is 779. The lowest BCUT2D eigenvalue weighted by Crippen LogP contribution is -2.17. The number of fused-ring (bicyclic) bond motifs is 1. The number of rotatable bonds is 5. The van der Waals surface area contributed by atoms with Crippen LogP contribution in [-0.4, -0.2) is 29.8 Å². The molecule has 1 aliphatic heterocycles. The van der Waals surface area contributed by atoms with Gasteiger partial charge in [-0.3, -0.25) is 4.98 Å². The van der Waals surface area contributed by atoms with Crippen molar-refractivity contribution in [2.75, 3.05) is 19.8 Å². The number of benzene rings is 1. The molecule has 0 radical (unpaired) electrons. The van der Waals surface area contributed by atoms with Crippen LogP contribution in [0.15, 0.2) is 42.7 Å². The fourth-order valence-electron chi connectivity index (χ4n) is 3.04. The first-order valence-electron chi connectivity index (χ1n) is 8.40. The van der Waals surface area contributed by atoms with Gasteiger partial charge in [-0.1, -0.05) is 12.1 Å². The Balaban J connectivity index is 1.49. The van der Waals surface area contributed by atoms with Crippen LogP contribution in [0.4, 0.5) is 0 Å². The number of hydrogen-bond donors (Lipinski definition) is 0. The summed E-state index contributed by atoms with van der Waals surface area (Å²) in [5, 5.41) is 0.986. The third-order valence-corrected chi connectivity index (χ3v) is 5.47. The Hall–Kier alpha value is -1.98. The fraction of sp³-hybridized carbons (Fsp3) is 0.368. The number of nitrogens with zero attached hydrogens (tertiary/aromatic N) is 2. The molecule has 3 aromatic rings. The molecule has 0 unspecified atom stereocenters. The van der Waals surface area contributed by atoms with Gasteiger partial charge in [0, 0.05) is 25.6 Å². The molecule has 0 spiro atoms. The van der Waals surface area contributed by atoms with Crippen molar-refractivity contribution in [1.29, 1.82) is 0 Å². The molecule has 1 aromatic carbocycles. The van der Waals surface area contributed by atoms with Gasteiger partial charge < -0.3 is 9.47 Å². The van der Waals surface area contributed by atoms with E-state index in [0.717, 1.165) is 71.5 Å². The maximum absolute atomic E-state index is 6.10. The van der Waals surface area contributed by atoms with E-state index in [1.165, 1.54) is 0 Å². The van der Waals surface area contributed by atoms with E-state index in [9.17, 15) is 0 Å². The predicted molar refractivity (Wildman–Crippen MR) is 96.5 cm³/mol. The van der Waals surface area contributed by atoms with E-state index in [4.69, 9.17) is 14.5 Å². The number of pyridine rings is 1. The molecule has 0 bridgehead atoms. The summed E-state index contributed by atoms with van der Waals surface area (Å²) in [5.41, 5.74) is 2.05. The molecule has 0 saturated carbocycles. The van der Waals surface area contributed by atoms with Crippen LogP contribution in [0.5, 0.6) is 5.75 Å². The summed E-state index contributed by atoms with van der Waals surface area (Å²) in [6, 6.07) is 10.1. The third-order valence-electron chi connectivity index (χ3n) is 4.43. The van der Waals surface area contributed by atoms with Gasteiger partial charge in [0.05, 0.1) is 22.4 Å². The molecule has 1 aliphatic rings. The summed E-state index contributed by atoms with van der Waals surface area (Å²) >= 11 is 1.66. The average molecular weight is 340 g/mol. The molecule has 3 heterocycles. The molecule has 5 heteroatoms. The predicted octanol–water partition coefficient (Wildman–Crippen LogP) is 4.55. The van der Waals surface area contributed by atoms with Gasteiger partial charge in [-0.25, -0.2) is 4.98 Å². The van der Waals surface area contributed by atoms with Crippen molar-refractivity contribution in [3.8, 4) is 16.3 Å². The summed E-state index contributed by atoms with van der Waals surface area (Å²) in [6.07, 6.45) is 7.03. The molecule has 2 aromatic heterocycles. The second-order valence-corrected chi connectivity index (χ2v) is 7.08. The quantitative estimate of drug-likeness (QED) is 0.683. The first-order chi connectivity index (χ1) is 11.9. The summed E-state index contributed by atoms with van der Waals surface area (Å²) in [5.74, 6) is 1.64. The molecule has 0 atom stereocenters. The second-order valence-electron chi connectivity index (χ2n) is 6.05. The number of hydrogen-bond acceptors (Lipinski definition) is 5. The van der Waals surface area contributed by atoms with Gasteiger partial charge in [-0.2, -0.15) is 0 Å². The van der Waals surface area contributed by atoms with Crippen LogP contribution >= 0.6 is 11.3 Å². The van der Waals surface area contributed by atoms with Crippen LogP contribution in [0, 0.1) is 5.92 Å². The number of para-hydroxylation sites is 1. The largest absolute Gasteiger partial charge is 0.493 e. The Morgan fingerprint density at radius 3 is 2.92 bits per heavy atom. The van der Waals surface area contributed by atoms with Crippen molar-refractivity contribution >= 4 is 21.6 Å². The highest BCUT2D eigenvalue weighted by atomic mass is 32.1. The fourth-order valence-corrected chi connectivity index (χ4v) is 4.00. The zero-order chi connectivity index (χ0) is 16.2. The van der Waals surface area contributed by atoms with Gasteiger partial charge in [0.15, 0.2) is 0 Å². The van der Waals surface area contributed by atoms with Crippen LogP contribution in [0.1, 0.15) is 19.3 Å². The minimum Gasteiger partial charge on any atom is -0.493 e. The van der Waals surface area contributed by atoms with Crippen molar-refractivity contribution in [1.82, 2.24) is 9.97 Å². The normalized spacial score (nSPS) is 15.7. The highest BCUT2D eigenvalue weighted by molar-refractivity contribution is 7.21. The molecule has 0 amide bonds.